The summed E-state index contributed by atoms with van der Waals surface area (Å²) < 4.78 is 0. The maximum absolute atomic E-state index is 13.1. The molecule has 154 valence electrons. The van der Waals surface area contributed by atoms with Crippen LogP contribution in [-0.4, -0.2) is 26.8 Å². The molecule has 3 heterocycles. The molecule has 6 heteroatoms. The standard InChI is InChI=1S/C26H18N4O2/c31-25-20-16-4-5-17(12-16)21(20)26(32)30(25)19-9-7-15(8-10-19)24-28-13-18-6-3-14-2-1-11-27-22(14)23(18)29-24/h1-11,13,16-17,20-21H,12H2/t16-,17?,20-,21+/m0/s1. The number of carbonyl (C=O) groups is 2. The fraction of sp³-hybridized carbons (Fsp3) is 0.192. The molecule has 4 atom stereocenters. The normalized spacial score (nSPS) is 25.9. The first-order chi connectivity index (χ1) is 15.7. The van der Waals surface area contributed by atoms with E-state index in [0.717, 1.165) is 33.8 Å². The quantitative estimate of drug-likeness (QED) is 0.278. The van der Waals surface area contributed by atoms with Crippen molar-refractivity contribution in [3.8, 4) is 11.4 Å². The minimum atomic E-state index is -0.193. The van der Waals surface area contributed by atoms with E-state index in [1.807, 2.05) is 48.5 Å². The first kappa shape index (κ1) is 17.7. The zero-order valence-electron chi connectivity index (χ0n) is 17.1. The molecular formula is C26H18N4O2. The highest BCUT2D eigenvalue weighted by Crippen LogP contribution is 2.53. The van der Waals surface area contributed by atoms with Crippen LogP contribution in [0.25, 0.3) is 33.2 Å². The molecule has 1 aliphatic heterocycles. The maximum atomic E-state index is 13.1. The Balaban J connectivity index is 1.25. The Bertz CT molecular complexity index is 1450. The lowest BCUT2D eigenvalue weighted by Gasteiger charge is -2.17. The van der Waals surface area contributed by atoms with Crippen LogP contribution in [0.15, 0.2) is 73.1 Å². The Kier molecular flexibility index (Phi) is 3.48. The van der Waals surface area contributed by atoms with Gasteiger partial charge in [-0.25, -0.2) is 9.97 Å². The molecule has 0 spiro atoms. The van der Waals surface area contributed by atoms with Crippen LogP contribution in [0.2, 0.25) is 0 Å². The molecule has 32 heavy (non-hydrogen) atoms. The van der Waals surface area contributed by atoms with Crippen LogP contribution >= 0.6 is 0 Å². The number of hydrogen-bond acceptors (Lipinski definition) is 5. The van der Waals surface area contributed by atoms with Gasteiger partial charge < -0.3 is 0 Å². The molecule has 1 saturated carbocycles. The lowest BCUT2D eigenvalue weighted by molar-refractivity contribution is -0.123. The number of amides is 2. The summed E-state index contributed by atoms with van der Waals surface area (Å²) in [6.07, 6.45) is 8.72. The lowest BCUT2D eigenvalue weighted by Crippen LogP contribution is -2.32. The van der Waals surface area contributed by atoms with Crippen LogP contribution in [-0.2, 0) is 9.59 Å². The van der Waals surface area contributed by atoms with E-state index >= 15 is 0 Å². The SMILES string of the molecule is O=C1[C@@H]2[C@H](C(=O)N1c1ccc(-c3ncc4ccc5cccnc5c4n3)cc1)C1C=C[C@H]2C1. The third-order valence-corrected chi connectivity index (χ3v) is 7.18. The number of aromatic nitrogens is 3. The van der Waals surface area contributed by atoms with Crippen molar-refractivity contribution in [2.45, 2.75) is 6.42 Å². The molecule has 2 fully saturated rings. The van der Waals surface area contributed by atoms with Gasteiger partial charge in [0.05, 0.1) is 23.0 Å². The molecule has 2 amide bonds. The molecule has 6 nitrogen and oxygen atoms in total. The number of nitrogens with zero attached hydrogens (tertiary/aromatic N) is 4. The average molecular weight is 418 g/mol. The van der Waals surface area contributed by atoms with E-state index in [0.29, 0.717) is 11.5 Å². The van der Waals surface area contributed by atoms with Gasteiger partial charge >= 0.3 is 0 Å². The molecule has 1 unspecified atom stereocenters. The van der Waals surface area contributed by atoms with Crippen LogP contribution in [0.5, 0.6) is 0 Å². The molecule has 2 aliphatic carbocycles. The zero-order valence-corrected chi connectivity index (χ0v) is 17.1. The summed E-state index contributed by atoms with van der Waals surface area (Å²) in [5.74, 6) is 0.484. The van der Waals surface area contributed by atoms with Crippen LogP contribution in [0.3, 0.4) is 0 Å². The monoisotopic (exact) mass is 418 g/mol. The van der Waals surface area contributed by atoms with Crippen molar-refractivity contribution in [3.05, 3.63) is 73.1 Å². The van der Waals surface area contributed by atoms with E-state index < -0.39 is 0 Å². The highest BCUT2D eigenvalue weighted by atomic mass is 16.2. The summed E-state index contributed by atoms with van der Waals surface area (Å²) in [6, 6.07) is 15.3. The van der Waals surface area contributed by atoms with Gasteiger partial charge in [-0.3, -0.25) is 19.5 Å². The van der Waals surface area contributed by atoms with Crippen molar-refractivity contribution in [3.63, 3.8) is 0 Å². The predicted molar refractivity (Wildman–Crippen MR) is 120 cm³/mol. The minimum Gasteiger partial charge on any atom is -0.274 e. The molecule has 2 aromatic heterocycles. The van der Waals surface area contributed by atoms with Gasteiger partial charge in [0.2, 0.25) is 11.8 Å². The summed E-state index contributed by atoms with van der Waals surface area (Å²) in [5, 5.41) is 1.96. The van der Waals surface area contributed by atoms with Crippen molar-refractivity contribution in [1.29, 1.82) is 0 Å². The van der Waals surface area contributed by atoms with Gasteiger partial charge in [0.1, 0.15) is 5.52 Å². The van der Waals surface area contributed by atoms with Gasteiger partial charge in [0.15, 0.2) is 5.82 Å². The highest BCUT2D eigenvalue weighted by Gasteiger charge is 2.59. The number of pyridine rings is 1. The first-order valence-electron chi connectivity index (χ1n) is 10.9. The topological polar surface area (TPSA) is 76.1 Å². The highest BCUT2D eigenvalue weighted by molar-refractivity contribution is 6.22. The Morgan fingerprint density at radius 3 is 2.25 bits per heavy atom. The Morgan fingerprint density at radius 1 is 0.781 bits per heavy atom. The Hall–Kier alpha value is -3.93. The Labute approximate surface area is 183 Å². The zero-order chi connectivity index (χ0) is 21.4. The minimum absolute atomic E-state index is 0.0656. The van der Waals surface area contributed by atoms with E-state index in [1.165, 1.54) is 4.90 Å². The van der Waals surface area contributed by atoms with Gasteiger partial charge in [0.25, 0.3) is 0 Å². The smallest absolute Gasteiger partial charge is 0.238 e. The molecule has 0 radical (unpaired) electrons. The second-order valence-corrected chi connectivity index (χ2v) is 8.83. The van der Waals surface area contributed by atoms with Crippen molar-refractivity contribution in [1.82, 2.24) is 15.0 Å². The second kappa shape index (κ2) is 6.29. The average Bonchev–Trinajstić information content (AvgIpc) is 3.52. The molecule has 4 aromatic rings. The summed E-state index contributed by atoms with van der Waals surface area (Å²) in [6.45, 7) is 0. The van der Waals surface area contributed by atoms with Gasteiger partial charge in [-0.05, 0) is 48.6 Å². The van der Waals surface area contributed by atoms with E-state index in [9.17, 15) is 9.59 Å². The number of imide groups is 1. The van der Waals surface area contributed by atoms with Gasteiger partial charge in [-0.15, -0.1) is 0 Å². The predicted octanol–water partition coefficient (Wildman–Crippen LogP) is 4.16. The van der Waals surface area contributed by atoms with Gasteiger partial charge in [-0.1, -0.05) is 30.4 Å². The largest absolute Gasteiger partial charge is 0.274 e. The molecule has 3 aliphatic rings. The van der Waals surface area contributed by atoms with Crippen LogP contribution in [0, 0.1) is 23.7 Å². The number of benzene rings is 2. The van der Waals surface area contributed by atoms with Gasteiger partial charge in [0, 0.05) is 28.7 Å². The van der Waals surface area contributed by atoms with Crippen molar-refractivity contribution in [2.24, 2.45) is 23.7 Å². The number of hydrogen-bond donors (Lipinski definition) is 0. The number of fused-ring (bicyclic) bond motifs is 8. The fourth-order valence-electron chi connectivity index (χ4n) is 5.69. The molecule has 0 N–H and O–H groups in total. The van der Waals surface area contributed by atoms with Gasteiger partial charge in [-0.2, -0.15) is 0 Å². The molecular weight excluding hydrogens is 400 g/mol. The third kappa shape index (κ3) is 2.32. The fourth-order valence-corrected chi connectivity index (χ4v) is 5.69. The maximum Gasteiger partial charge on any atom is 0.238 e. The van der Waals surface area contributed by atoms with Crippen molar-refractivity contribution < 1.29 is 9.59 Å². The number of allylic oxidation sites excluding steroid dienone is 2. The Morgan fingerprint density at radius 2 is 1.50 bits per heavy atom. The summed E-state index contributed by atoms with van der Waals surface area (Å²) in [7, 11) is 0. The van der Waals surface area contributed by atoms with Crippen LogP contribution in [0.4, 0.5) is 5.69 Å². The third-order valence-electron chi connectivity index (χ3n) is 7.18. The molecule has 1 saturated heterocycles. The molecule has 7 rings (SSSR count). The van der Waals surface area contributed by atoms with E-state index in [-0.39, 0.29) is 35.5 Å². The number of carbonyl (C=O) groups excluding carboxylic acids is 2. The summed E-state index contributed by atoms with van der Waals surface area (Å²) >= 11 is 0. The molecule has 2 bridgehead atoms. The van der Waals surface area contributed by atoms with E-state index in [4.69, 9.17) is 4.98 Å². The van der Waals surface area contributed by atoms with Crippen LogP contribution < -0.4 is 4.90 Å². The summed E-state index contributed by atoms with van der Waals surface area (Å²) in [5.41, 5.74) is 3.08. The van der Waals surface area contributed by atoms with Crippen LogP contribution in [0.1, 0.15) is 6.42 Å². The number of rotatable bonds is 2. The van der Waals surface area contributed by atoms with E-state index in [2.05, 4.69) is 22.1 Å². The lowest BCUT2D eigenvalue weighted by atomic mass is 9.85. The molecule has 2 aromatic carbocycles. The van der Waals surface area contributed by atoms with Crippen molar-refractivity contribution >= 4 is 39.3 Å². The van der Waals surface area contributed by atoms with Crippen molar-refractivity contribution in [2.75, 3.05) is 4.90 Å². The second-order valence-electron chi connectivity index (χ2n) is 8.83. The van der Waals surface area contributed by atoms with E-state index in [1.54, 1.807) is 12.4 Å². The number of anilines is 1. The summed E-state index contributed by atoms with van der Waals surface area (Å²) in [4.78, 5) is 41.3. The first-order valence-corrected chi connectivity index (χ1v) is 10.9.